The van der Waals surface area contributed by atoms with Crippen LogP contribution in [0.1, 0.15) is 21.9 Å². The van der Waals surface area contributed by atoms with Gasteiger partial charge < -0.3 is 25.2 Å². The number of methoxy groups -OCH3 is 1. The number of benzene rings is 1. The van der Waals surface area contributed by atoms with Gasteiger partial charge in [-0.15, -0.1) is 0 Å². The maximum atomic E-state index is 11.9. The molecule has 0 bridgehead atoms. The minimum atomic E-state index is -0.286. The van der Waals surface area contributed by atoms with Crippen molar-refractivity contribution in [3.05, 3.63) is 53.5 Å². The van der Waals surface area contributed by atoms with Crippen molar-refractivity contribution in [3.63, 3.8) is 0 Å². The topological polar surface area (TPSA) is 114 Å². The molecular weight excluding hydrogens is 360 g/mol. The van der Waals surface area contributed by atoms with Gasteiger partial charge in [0.15, 0.2) is 5.69 Å². The minimum Gasteiger partial charge on any atom is -0.497 e. The maximum absolute atomic E-state index is 11.9. The standard InChI is InChI=1S/C19H22N6O3/c1-12-10-17(23-14-4-6-15(27-3)7-5-14)24-19(22-12)21-9-8-20-18(26)16-11-13(2)28-25-16/h4-7,10-11H,8-9H2,1-3H3,(H,20,26)(H2,21,22,23,24). The monoisotopic (exact) mass is 382 g/mol. The summed E-state index contributed by atoms with van der Waals surface area (Å²) >= 11 is 0. The zero-order chi connectivity index (χ0) is 19.9. The Balaban J connectivity index is 1.53. The van der Waals surface area contributed by atoms with Crippen molar-refractivity contribution >= 4 is 23.4 Å². The Kier molecular flexibility index (Phi) is 6.05. The first-order valence-corrected chi connectivity index (χ1v) is 8.75. The van der Waals surface area contributed by atoms with E-state index in [9.17, 15) is 4.79 Å². The SMILES string of the molecule is COc1ccc(Nc2cc(C)nc(NCCNC(=O)c3cc(C)on3)n2)cc1. The molecule has 0 aliphatic carbocycles. The highest BCUT2D eigenvalue weighted by Crippen LogP contribution is 2.19. The van der Waals surface area contributed by atoms with Crippen LogP contribution in [0.15, 0.2) is 40.9 Å². The zero-order valence-electron chi connectivity index (χ0n) is 15.9. The minimum absolute atomic E-state index is 0.260. The predicted octanol–water partition coefficient (Wildman–Crippen LogP) is 2.68. The fourth-order valence-corrected chi connectivity index (χ4v) is 2.45. The van der Waals surface area contributed by atoms with Gasteiger partial charge in [0.1, 0.15) is 17.3 Å². The fourth-order valence-electron chi connectivity index (χ4n) is 2.45. The number of rotatable bonds is 8. The summed E-state index contributed by atoms with van der Waals surface area (Å²) in [5.41, 5.74) is 1.96. The zero-order valence-corrected chi connectivity index (χ0v) is 15.9. The van der Waals surface area contributed by atoms with E-state index in [1.54, 1.807) is 20.1 Å². The van der Waals surface area contributed by atoms with Gasteiger partial charge in [-0.25, -0.2) is 4.98 Å². The molecule has 2 aromatic heterocycles. The molecule has 0 fully saturated rings. The van der Waals surface area contributed by atoms with Gasteiger partial charge in [0.25, 0.3) is 5.91 Å². The fraction of sp³-hybridized carbons (Fsp3) is 0.263. The Hall–Kier alpha value is -3.62. The third-order valence-corrected chi connectivity index (χ3v) is 3.77. The lowest BCUT2D eigenvalue weighted by Crippen LogP contribution is -2.29. The molecule has 0 saturated carbocycles. The molecule has 0 aliphatic heterocycles. The van der Waals surface area contributed by atoms with Crippen molar-refractivity contribution in [3.8, 4) is 5.75 Å². The Morgan fingerprint density at radius 3 is 2.57 bits per heavy atom. The first-order valence-electron chi connectivity index (χ1n) is 8.75. The van der Waals surface area contributed by atoms with Crippen molar-refractivity contribution < 1.29 is 14.1 Å². The van der Waals surface area contributed by atoms with Gasteiger partial charge in [-0.2, -0.15) is 4.98 Å². The molecular formula is C19H22N6O3. The Morgan fingerprint density at radius 1 is 1.11 bits per heavy atom. The van der Waals surface area contributed by atoms with E-state index in [1.165, 1.54) is 0 Å². The summed E-state index contributed by atoms with van der Waals surface area (Å²) in [6.07, 6.45) is 0. The number of carbonyl (C=O) groups excluding carboxylic acids is 1. The van der Waals surface area contributed by atoms with Gasteiger partial charge in [-0.05, 0) is 38.1 Å². The van der Waals surface area contributed by atoms with Crippen LogP contribution in [0.5, 0.6) is 5.75 Å². The molecule has 146 valence electrons. The molecule has 0 spiro atoms. The van der Waals surface area contributed by atoms with Crippen LogP contribution in [0.25, 0.3) is 0 Å². The molecule has 9 nitrogen and oxygen atoms in total. The molecule has 9 heteroatoms. The van der Waals surface area contributed by atoms with Crippen LogP contribution in [0, 0.1) is 13.8 Å². The van der Waals surface area contributed by atoms with Crippen LogP contribution in [-0.2, 0) is 0 Å². The van der Waals surface area contributed by atoms with Gasteiger partial charge >= 0.3 is 0 Å². The van der Waals surface area contributed by atoms with Crippen LogP contribution in [0.2, 0.25) is 0 Å². The second kappa shape index (κ2) is 8.85. The lowest BCUT2D eigenvalue weighted by molar-refractivity contribution is 0.0946. The van der Waals surface area contributed by atoms with Crippen LogP contribution in [0.3, 0.4) is 0 Å². The third kappa shape index (κ3) is 5.19. The van der Waals surface area contributed by atoms with E-state index in [1.807, 2.05) is 37.3 Å². The molecule has 3 rings (SSSR count). The quantitative estimate of drug-likeness (QED) is 0.510. The molecule has 0 atom stereocenters. The van der Waals surface area contributed by atoms with Gasteiger partial charge in [0.2, 0.25) is 5.95 Å². The first-order chi connectivity index (χ1) is 13.5. The van der Waals surface area contributed by atoms with Crippen molar-refractivity contribution in [2.45, 2.75) is 13.8 Å². The molecule has 0 radical (unpaired) electrons. The molecule has 0 saturated heterocycles. The highest BCUT2D eigenvalue weighted by Gasteiger charge is 2.10. The number of hydrogen-bond donors (Lipinski definition) is 3. The van der Waals surface area contributed by atoms with Crippen LogP contribution in [-0.4, -0.2) is 41.2 Å². The van der Waals surface area contributed by atoms with E-state index in [0.29, 0.717) is 30.6 Å². The summed E-state index contributed by atoms with van der Waals surface area (Å²) in [6.45, 7) is 4.48. The second-order valence-electron chi connectivity index (χ2n) is 6.08. The van der Waals surface area contributed by atoms with E-state index in [0.717, 1.165) is 17.1 Å². The molecule has 1 aromatic carbocycles. The van der Waals surface area contributed by atoms with E-state index < -0.39 is 0 Å². The van der Waals surface area contributed by atoms with Crippen molar-refractivity contribution in [2.75, 3.05) is 30.8 Å². The average Bonchev–Trinajstić information content (AvgIpc) is 3.12. The third-order valence-electron chi connectivity index (χ3n) is 3.77. The van der Waals surface area contributed by atoms with Crippen LogP contribution >= 0.6 is 0 Å². The molecule has 0 unspecified atom stereocenters. The molecule has 0 aliphatic rings. The number of carbonyl (C=O) groups is 1. The van der Waals surface area contributed by atoms with Gasteiger partial charge in [-0.3, -0.25) is 4.79 Å². The summed E-state index contributed by atoms with van der Waals surface area (Å²) in [6, 6.07) is 11.0. The predicted molar refractivity (Wildman–Crippen MR) is 105 cm³/mol. The molecule has 2 heterocycles. The number of anilines is 3. The number of amides is 1. The summed E-state index contributed by atoms with van der Waals surface area (Å²) in [7, 11) is 1.63. The van der Waals surface area contributed by atoms with Crippen molar-refractivity contribution in [1.29, 1.82) is 0 Å². The van der Waals surface area contributed by atoms with Crippen molar-refractivity contribution in [1.82, 2.24) is 20.4 Å². The van der Waals surface area contributed by atoms with Gasteiger partial charge in [0, 0.05) is 36.6 Å². The highest BCUT2D eigenvalue weighted by atomic mass is 16.5. The first kappa shape index (κ1) is 19.2. The normalized spacial score (nSPS) is 10.4. The average molecular weight is 382 g/mol. The number of nitrogens with zero attached hydrogens (tertiary/aromatic N) is 3. The maximum Gasteiger partial charge on any atom is 0.273 e. The number of hydrogen-bond acceptors (Lipinski definition) is 8. The summed E-state index contributed by atoms with van der Waals surface area (Å²) in [5.74, 6) is 2.23. The molecule has 3 aromatic rings. The largest absolute Gasteiger partial charge is 0.497 e. The van der Waals surface area contributed by atoms with Gasteiger partial charge in [0.05, 0.1) is 7.11 Å². The summed E-state index contributed by atoms with van der Waals surface area (Å²) in [4.78, 5) is 20.7. The smallest absolute Gasteiger partial charge is 0.273 e. The Labute approximate surface area is 162 Å². The summed E-state index contributed by atoms with van der Waals surface area (Å²) in [5, 5.41) is 12.8. The number of nitrogens with one attached hydrogen (secondary N) is 3. The van der Waals surface area contributed by atoms with E-state index in [4.69, 9.17) is 9.26 Å². The Morgan fingerprint density at radius 2 is 1.89 bits per heavy atom. The van der Waals surface area contributed by atoms with Crippen LogP contribution in [0.4, 0.5) is 17.5 Å². The molecule has 3 N–H and O–H groups in total. The number of aryl methyl sites for hydroxylation is 2. The van der Waals surface area contributed by atoms with Crippen molar-refractivity contribution in [2.24, 2.45) is 0 Å². The number of aromatic nitrogens is 3. The van der Waals surface area contributed by atoms with Gasteiger partial charge in [-0.1, -0.05) is 5.16 Å². The van der Waals surface area contributed by atoms with Crippen LogP contribution < -0.4 is 20.7 Å². The molecule has 28 heavy (non-hydrogen) atoms. The lowest BCUT2D eigenvalue weighted by Gasteiger charge is -2.10. The summed E-state index contributed by atoms with van der Waals surface area (Å²) < 4.78 is 10.0. The number of ether oxygens (including phenoxy) is 1. The van der Waals surface area contributed by atoms with E-state index in [2.05, 4.69) is 31.1 Å². The van der Waals surface area contributed by atoms with E-state index in [-0.39, 0.29) is 11.6 Å². The lowest BCUT2D eigenvalue weighted by atomic mass is 10.3. The van der Waals surface area contributed by atoms with E-state index >= 15 is 0 Å². The molecule has 1 amide bonds. The second-order valence-corrected chi connectivity index (χ2v) is 6.08. The highest BCUT2D eigenvalue weighted by molar-refractivity contribution is 5.92. The Bertz CT molecular complexity index is 939.